The zero-order chi connectivity index (χ0) is 44.1. The van der Waals surface area contributed by atoms with Crippen LogP contribution in [0.15, 0.2) is 4.99 Å². The first-order valence-corrected chi connectivity index (χ1v) is 17.8. The number of primary amides is 1. The first-order valence-electron chi connectivity index (χ1n) is 17.8. The average Bonchev–Trinajstić information content (AvgIpc) is 3.66. The van der Waals surface area contributed by atoms with Crippen molar-refractivity contribution >= 4 is 65.1 Å². The summed E-state index contributed by atoms with van der Waals surface area (Å²) in [5, 5.41) is 53.5. The van der Waals surface area contributed by atoms with E-state index in [1.54, 1.807) is 0 Å². The molecule has 27 nitrogen and oxygen atoms in total. The first kappa shape index (κ1) is 49.8. The second-order valence-corrected chi connectivity index (χ2v) is 12.9. The van der Waals surface area contributed by atoms with Crippen molar-refractivity contribution in [1.29, 1.82) is 0 Å². The van der Waals surface area contributed by atoms with Gasteiger partial charge in [0.1, 0.15) is 36.3 Å². The van der Waals surface area contributed by atoms with Crippen molar-refractivity contribution in [3.05, 3.63) is 0 Å². The lowest BCUT2D eigenvalue weighted by Crippen LogP contribution is -2.59. The SMILES string of the molecule is C[C@@H](O)[C@H](NC(=O)[C@H](CO)NC(=O)CNC(=O)[C@@H]1CCCN1C(=O)CNC(=O)[C@@H](N)CO)C(=O)NCC(=O)N[C@@H](CC(N)=O)C(=O)N[C@@H](CCCN=C(N)N)C(=O)O. The summed E-state index contributed by atoms with van der Waals surface area (Å²) in [6.45, 7) is -2.46. The number of nitrogens with two attached hydrogens (primary N) is 4. The van der Waals surface area contributed by atoms with Gasteiger partial charge in [-0.2, -0.15) is 0 Å². The molecular weight excluding hydrogens is 778 g/mol. The van der Waals surface area contributed by atoms with Gasteiger partial charge in [0.2, 0.25) is 53.2 Å². The number of aliphatic hydroxyl groups excluding tert-OH is 3. The fraction of sp³-hybridized carbons (Fsp3) is 0.645. The zero-order valence-electron chi connectivity index (χ0n) is 31.6. The Morgan fingerprint density at radius 1 is 0.759 bits per heavy atom. The van der Waals surface area contributed by atoms with Crippen LogP contribution in [0.1, 0.15) is 39.0 Å². The maximum absolute atomic E-state index is 12.9. The molecule has 1 heterocycles. The molecule has 0 aromatic carbocycles. The average molecular weight is 832 g/mol. The van der Waals surface area contributed by atoms with E-state index in [2.05, 4.69) is 42.2 Å². The molecule has 58 heavy (non-hydrogen) atoms. The van der Waals surface area contributed by atoms with Crippen LogP contribution in [0, 0.1) is 0 Å². The lowest BCUT2D eigenvalue weighted by atomic mass is 10.1. The van der Waals surface area contributed by atoms with Crippen LogP contribution < -0.4 is 60.2 Å². The molecule has 0 aromatic heterocycles. The van der Waals surface area contributed by atoms with Crippen LogP contribution in [0.25, 0.3) is 0 Å². The number of guanidine groups is 1. The molecule has 326 valence electrons. The highest BCUT2D eigenvalue weighted by molar-refractivity contribution is 5.97. The van der Waals surface area contributed by atoms with Gasteiger partial charge < -0.3 is 85.5 Å². The highest BCUT2D eigenvalue weighted by atomic mass is 16.4. The van der Waals surface area contributed by atoms with Gasteiger partial charge in [-0.3, -0.25) is 48.1 Å². The third-order valence-corrected chi connectivity index (χ3v) is 8.18. The molecule has 19 N–H and O–H groups in total. The number of nitrogens with one attached hydrogen (secondary N) is 7. The van der Waals surface area contributed by atoms with E-state index >= 15 is 0 Å². The van der Waals surface area contributed by atoms with Gasteiger partial charge in [0, 0.05) is 13.1 Å². The van der Waals surface area contributed by atoms with Gasteiger partial charge in [0.15, 0.2) is 5.96 Å². The molecule has 1 aliphatic rings. The Morgan fingerprint density at radius 3 is 1.90 bits per heavy atom. The number of aliphatic imine (C=N–C) groups is 1. The number of hydrogen-bond acceptors (Lipinski definition) is 15. The van der Waals surface area contributed by atoms with E-state index in [0.717, 1.165) is 6.92 Å². The van der Waals surface area contributed by atoms with Gasteiger partial charge in [0.25, 0.3) is 0 Å². The molecule has 0 radical (unpaired) electrons. The van der Waals surface area contributed by atoms with Crippen molar-refractivity contribution in [2.24, 2.45) is 27.9 Å². The van der Waals surface area contributed by atoms with Gasteiger partial charge in [-0.25, -0.2) is 4.79 Å². The fourth-order valence-electron chi connectivity index (χ4n) is 5.17. The first-order chi connectivity index (χ1) is 27.2. The van der Waals surface area contributed by atoms with Gasteiger partial charge >= 0.3 is 5.97 Å². The highest BCUT2D eigenvalue weighted by Gasteiger charge is 2.35. The number of hydrogen-bond donors (Lipinski definition) is 15. The Hall–Kier alpha value is -6.19. The van der Waals surface area contributed by atoms with Crippen molar-refractivity contribution in [2.75, 3.05) is 45.9 Å². The van der Waals surface area contributed by atoms with Crippen molar-refractivity contribution in [3.63, 3.8) is 0 Å². The minimum atomic E-state index is -1.78. The molecule has 0 unspecified atom stereocenters. The molecule has 9 amide bonds. The third kappa shape index (κ3) is 17.7. The fourth-order valence-corrected chi connectivity index (χ4v) is 5.17. The summed E-state index contributed by atoms with van der Waals surface area (Å²) in [5.41, 5.74) is 21.0. The van der Waals surface area contributed by atoms with Crippen molar-refractivity contribution in [2.45, 2.75) is 81.4 Å². The molecule has 1 saturated heterocycles. The highest BCUT2D eigenvalue weighted by Crippen LogP contribution is 2.17. The molecule has 0 aromatic rings. The van der Waals surface area contributed by atoms with E-state index in [1.807, 2.05) is 0 Å². The maximum atomic E-state index is 12.9. The number of nitrogens with zero attached hydrogens (tertiary/aromatic N) is 2. The normalized spacial score (nSPS) is 16.4. The quantitative estimate of drug-likeness (QED) is 0.0231. The van der Waals surface area contributed by atoms with E-state index < -0.39 is 141 Å². The van der Waals surface area contributed by atoms with E-state index in [1.165, 1.54) is 4.90 Å². The number of carboxylic acid groups (broad SMARTS) is 1. The van der Waals surface area contributed by atoms with Crippen LogP contribution in [0.4, 0.5) is 0 Å². The predicted molar refractivity (Wildman–Crippen MR) is 197 cm³/mol. The Kier molecular flexibility index (Phi) is 21.6. The summed E-state index contributed by atoms with van der Waals surface area (Å²) in [4.78, 5) is 129. The van der Waals surface area contributed by atoms with Gasteiger partial charge in [-0.15, -0.1) is 0 Å². The smallest absolute Gasteiger partial charge is 0.326 e. The lowest BCUT2D eigenvalue weighted by molar-refractivity contribution is -0.142. The zero-order valence-corrected chi connectivity index (χ0v) is 31.6. The Bertz CT molecular complexity index is 1540. The van der Waals surface area contributed by atoms with Crippen LogP contribution in [0.2, 0.25) is 0 Å². The van der Waals surface area contributed by atoms with E-state index in [4.69, 9.17) is 28.0 Å². The molecule has 0 spiro atoms. The molecule has 7 atom stereocenters. The molecule has 0 aliphatic carbocycles. The Morgan fingerprint density at radius 2 is 1.34 bits per heavy atom. The van der Waals surface area contributed by atoms with Crippen molar-refractivity contribution in [3.8, 4) is 0 Å². The second-order valence-electron chi connectivity index (χ2n) is 12.9. The van der Waals surface area contributed by atoms with Crippen LogP contribution in [-0.4, -0.2) is 179 Å². The molecule has 27 heteroatoms. The summed E-state index contributed by atoms with van der Waals surface area (Å²) >= 11 is 0. The minimum Gasteiger partial charge on any atom is -0.480 e. The number of aliphatic carboxylic acids is 1. The number of rotatable bonds is 25. The van der Waals surface area contributed by atoms with Crippen LogP contribution in [0.3, 0.4) is 0 Å². The summed E-state index contributed by atoms with van der Waals surface area (Å²) in [5.74, 6) is -10.3. The molecular formula is C31H53N13O14. The third-order valence-electron chi connectivity index (χ3n) is 8.18. The number of likely N-dealkylation sites (tertiary alicyclic amines) is 1. The topological polar surface area (TPSA) is 456 Å². The maximum Gasteiger partial charge on any atom is 0.326 e. The van der Waals surface area contributed by atoms with Crippen LogP contribution in [-0.2, 0) is 47.9 Å². The number of carbonyl (C=O) groups is 10. The Balaban J connectivity index is 2.76. The summed E-state index contributed by atoms with van der Waals surface area (Å²) in [6.07, 6.45) is -1.72. The van der Waals surface area contributed by atoms with Gasteiger partial charge in [-0.1, -0.05) is 0 Å². The molecule has 0 bridgehead atoms. The number of amides is 9. The van der Waals surface area contributed by atoms with Crippen molar-refractivity contribution in [1.82, 2.24) is 42.1 Å². The number of carboxylic acids is 1. The van der Waals surface area contributed by atoms with E-state index in [-0.39, 0.29) is 38.3 Å². The van der Waals surface area contributed by atoms with Crippen LogP contribution in [0.5, 0.6) is 0 Å². The van der Waals surface area contributed by atoms with Gasteiger partial charge in [0.05, 0.1) is 45.4 Å². The molecule has 1 rings (SSSR count). The number of carbonyl (C=O) groups excluding carboxylic acids is 9. The van der Waals surface area contributed by atoms with E-state index in [0.29, 0.717) is 6.42 Å². The lowest BCUT2D eigenvalue weighted by Gasteiger charge is -2.25. The predicted octanol–water partition coefficient (Wildman–Crippen LogP) is -10.0. The molecule has 0 saturated carbocycles. The summed E-state index contributed by atoms with van der Waals surface area (Å²) in [6, 6.07) is -8.88. The summed E-state index contributed by atoms with van der Waals surface area (Å²) in [7, 11) is 0. The minimum absolute atomic E-state index is 0.0492. The largest absolute Gasteiger partial charge is 0.480 e. The van der Waals surface area contributed by atoms with Crippen molar-refractivity contribution < 1.29 is 68.4 Å². The number of aliphatic hydroxyl groups is 3. The second kappa shape index (κ2) is 25.1. The van der Waals surface area contributed by atoms with Gasteiger partial charge in [-0.05, 0) is 32.6 Å². The van der Waals surface area contributed by atoms with Crippen LogP contribution >= 0.6 is 0 Å². The summed E-state index contributed by atoms with van der Waals surface area (Å²) < 4.78 is 0. The Labute approximate surface area is 330 Å². The van der Waals surface area contributed by atoms with E-state index in [9.17, 15) is 63.3 Å². The standard InChI is InChI=1S/C31H53N13O14/c1-14(47)24(29(56)38-10-21(49)40-17(8-20(33)48)26(53)42-16(30(57)58)4-2-6-36-31(34)35)43-27(54)18(13-46)41-22(50)9-37-28(55)19-5-3-7-44(19)23(51)11-39-25(52)15(32)12-45/h14-19,24,45-47H,2-13,32H2,1H3,(H2,33,48)(H,37,55)(H,38,56)(H,39,52)(H,40,49)(H,41,50)(H,42,53)(H,43,54)(H,57,58)(H4,34,35,36)/t14-,15+,16+,17+,18+,19+,24+/m1/s1. The molecule has 1 fully saturated rings. The molecule has 1 aliphatic heterocycles. The monoisotopic (exact) mass is 831 g/mol.